The number of hydrogen-bond acceptors (Lipinski definition) is 4. The van der Waals surface area contributed by atoms with E-state index >= 15 is 0 Å². The van der Waals surface area contributed by atoms with Crippen molar-refractivity contribution in [2.45, 2.75) is 55.9 Å². The Labute approximate surface area is 134 Å². The first kappa shape index (κ1) is 17.1. The molecule has 1 N–H and O–H groups in total. The lowest BCUT2D eigenvalue weighted by Gasteiger charge is -2.38. The highest BCUT2D eigenvalue weighted by Crippen LogP contribution is 2.28. The van der Waals surface area contributed by atoms with Gasteiger partial charge in [-0.2, -0.15) is 11.8 Å². The summed E-state index contributed by atoms with van der Waals surface area (Å²) in [5, 5.41) is 4.71. The minimum Gasteiger partial charge on any atom is -0.348 e. The largest absolute Gasteiger partial charge is 0.348 e. The highest BCUT2D eigenvalue weighted by Gasteiger charge is 2.28. The summed E-state index contributed by atoms with van der Waals surface area (Å²) in [4.78, 5) is 15.7. The molecule has 0 aromatic carbocycles. The first-order chi connectivity index (χ1) is 10.1. The summed E-state index contributed by atoms with van der Waals surface area (Å²) in [5.41, 5.74) is 0. The van der Waals surface area contributed by atoms with Gasteiger partial charge in [0.25, 0.3) is 0 Å². The first-order valence-corrected chi connectivity index (χ1v) is 9.60. The third-order valence-corrected chi connectivity index (χ3v) is 6.07. The topological polar surface area (TPSA) is 35.6 Å². The van der Waals surface area contributed by atoms with Crippen LogP contribution in [-0.4, -0.2) is 73.0 Å². The molecule has 0 aromatic heterocycles. The summed E-state index contributed by atoms with van der Waals surface area (Å²) in [6, 6.07) is 1.35. The van der Waals surface area contributed by atoms with Crippen molar-refractivity contribution in [1.82, 2.24) is 15.1 Å². The van der Waals surface area contributed by atoms with Crippen molar-refractivity contribution in [3.63, 3.8) is 0 Å². The first-order valence-electron chi connectivity index (χ1n) is 8.31. The summed E-state index contributed by atoms with van der Waals surface area (Å²) in [6.07, 6.45) is 10.1. The van der Waals surface area contributed by atoms with E-state index in [0.717, 1.165) is 18.3 Å². The van der Waals surface area contributed by atoms with Crippen molar-refractivity contribution in [3.05, 3.63) is 0 Å². The molecule has 0 spiro atoms. The number of hydrogen-bond donors (Lipinski definition) is 1. The van der Waals surface area contributed by atoms with E-state index in [1.807, 2.05) is 25.9 Å². The Hall–Kier alpha value is -0.260. The number of nitrogens with zero attached hydrogens (tertiary/aromatic N) is 2. The van der Waals surface area contributed by atoms with Gasteiger partial charge in [-0.3, -0.25) is 9.69 Å². The molecule has 1 saturated heterocycles. The van der Waals surface area contributed by atoms with Gasteiger partial charge in [0, 0.05) is 44.5 Å². The van der Waals surface area contributed by atoms with Gasteiger partial charge in [-0.1, -0.05) is 12.8 Å². The van der Waals surface area contributed by atoms with E-state index in [9.17, 15) is 4.79 Å². The maximum atomic E-state index is 11.8. The number of carbonyl (C=O) groups is 1. The number of likely N-dealkylation sites (N-methyl/N-ethyl adjacent to an activating group) is 1. The Bertz CT molecular complexity index is 329. The van der Waals surface area contributed by atoms with Crippen molar-refractivity contribution >= 4 is 17.7 Å². The molecular formula is C16H31N3OS. The minimum atomic E-state index is 0.219. The standard InChI is InChI=1S/C16H31N3OS/c1-18(2)16(20)12-19-10-8-13(9-11-19)17-14-6-4-5-7-15(14)21-3/h13-15,17H,4-12H2,1-3H3. The molecule has 1 amide bonds. The molecule has 21 heavy (non-hydrogen) atoms. The minimum absolute atomic E-state index is 0.219. The van der Waals surface area contributed by atoms with Crippen LogP contribution in [0.3, 0.4) is 0 Å². The Kier molecular flexibility index (Phi) is 6.83. The molecule has 2 fully saturated rings. The number of carbonyl (C=O) groups excluding carboxylic acids is 1. The quantitative estimate of drug-likeness (QED) is 0.839. The maximum absolute atomic E-state index is 11.8. The normalized spacial score (nSPS) is 28.5. The van der Waals surface area contributed by atoms with Gasteiger partial charge in [-0.05, 0) is 31.9 Å². The van der Waals surface area contributed by atoms with Crippen LogP contribution in [0, 0.1) is 0 Å². The summed E-state index contributed by atoms with van der Waals surface area (Å²) < 4.78 is 0. The Morgan fingerprint density at radius 3 is 2.48 bits per heavy atom. The molecule has 0 bridgehead atoms. The lowest BCUT2D eigenvalue weighted by Crippen LogP contribution is -2.51. The molecular weight excluding hydrogens is 282 g/mol. The lowest BCUT2D eigenvalue weighted by molar-refractivity contribution is -0.130. The SMILES string of the molecule is CSC1CCCCC1NC1CCN(CC(=O)N(C)C)CC1. The van der Waals surface area contributed by atoms with Crippen LogP contribution in [-0.2, 0) is 4.79 Å². The van der Waals surface area contributed by atoms with Gasteiger partial charge in [0.15, 0.2) is 0 Å². The van der Waals surface area contributed by atoms with Gasteiger partial charge in [0.05, 0.1) is 6.54 Å². The molecule has 0 radical (unpaired) electrons. The Morgan fingerprint density at radius 1 is 1.19 bits per heavy atom. The van der Waals surface area contributed by atoms with Crippen molar-refractivity contribution in [3.8, 4) is 0 Å². The van der Waals surface area contributed by atoms with E-state index in [2.05, 4.69) is 16.5 Å². The molecule has 2 unspecified atom stereocenters. The van der Waals surface area contributed by atoms with Crippen molar-refractivity contribution in [2.24, 2.45) is 0 Å². The average molecular weight is 314 g/mol. The number of amides is 1. The molecule has 2 rings (SSSR count). The number of thioether (sulfide) groups is 1. The summed E-state index contributed by atoms with van der Waals surface area (Å²) in [7, 11) is 3.67. The number of likely N-dealkylation sites (tertiary alicyclic amines) is 1. The van der Waals surface area contributed by atoms with Crippen LogP contribution in [0.15, 0.2) is 0 Å². The zero-order valence-corrected chi connectivity index (χ0v) is 14.6. The number of rotatable bonds is 5. The van der Waals surface area contributed by atoms with Crippen LogP contribution in [0.4, 0.5) is 0 Å². The number of piperidine rings is 1. The summed E-state index contributed by atoms with van der Waals surface area (Å²) in [5.74, 6) is 0.219. The zero-order chi connectivity index (χ0) is 15.2. The highest BCUT2D eigenvalue weighted by atomic mass is 32.2. The summed E-state index contributed by atoms with van der Waals surface area (Å²) in [6.45, 7) is 2.68. The lowest BCUT2D eigenvalue weighted by atomic mass is 9.93. The van der Waals surface area contributed by atoms with Crippen LogP contribution < -0.4 is 5.32 Å². The average Bonchev–Trinajstić information content (AvgIpc) is 2.49. The smallest absolute Gasteiger partial charge is 0.236 e. The van der Waals surface area contributed by atoms with Gasteiger partial charge >= 0.3 is 0 Å². The van der Waals surface area contributed by atoms with Crippen LogP contribution in [0.1, 0.15) is 38.5 Å². The third kappa shape index (κ3) is 5.15. The van der Waals surface area contributed by atoms with Crippen molar-refractivity contribution in [2.75, 3.05) is 40.0 Å². The second-order valence-electron chi connectivity index (χ2n) is 6.67. The molecule has 1 aliphatic heterocycles. The fourth-order valence-corrected chi connectivity index (χ4v) is 4.41. The fraction of sp³-hybridized carbons (Fsp3) is 0.938. The van der Waals surface area contributed by atoms with Crippen molar-refractivity contribution in [1.29, 1.82) is 0 Å². The van der Waals surface area contributed by atoms with Gasteiger partial charge in [-0.15, -0.1) is 0 Å². The second kappa shape index (κ2) is 8.39. The Morgan fingerprint density at radius 2 is 1.86 bits per heavy atom. The number of nitrogens with one attached hydrogen (secondary N) is 1. The second-order valence-corrected chi connectivity index (χ2v) is 7.75. The van der Waals surface area contributed by atoms with E-state index in [4.69, 9.17) is 0 Å². The third-order valence-electron chi connectivity index (χ3n) is 4.90. The van der Waals surface area contributed by atoms with Gasteiger partial charge in [0.2, 0.25) is 5.91 Å². The van der Waals surface area contributed by atoms with Crippen LogP contribution in [0.25, 0.3) is 0 Å². The molecule has 4 nitrogen and oxygen atoms in total. The predicted molar refractivity (Wildman–Crippen MR) is 90.9 cm³/mol. The molecule has 5 heteroatoms. The molecule has 2 aliphatic rings. The molecule has 2 atom stereocenters. The maximum Gasteiger partial charge on any atom is 0.236 e. The van der Waals surface area contributed by atoms with E-state index < -0.39 is 0 Å². The molecule has 1 heterocycles. The summed E-state index contributed by atoms with van der Waals surface area (Å²) >= 11 is 2.03. The van der Waals surface area contributed by atoms with Gasteiger partial charge in [-0.25, -0.2) is 0 Å². The van der Waals surface area contributed by atoms with Gasteiger partial charge in [0.1, 0.15) is 0 Å². The van der Waals surface area contributed by atoms with Crippen LogP contribution >= 0.6 is 11.8 Å². The monoisotopic (exact) mass is 313 g/mol. The zero-order valence-electron chi connectivity index (χ0n) is 13.8. The van der Waals surface area contributed by atoms with Crippen LogP contribution in [0.5, 0.6) is 0 Å². The predicted octanol–water partition coefficient (Wildman–Crippen LogP) is 1.80. The van der Waals surface area contributed by atoms with Crippen molar-refractivity contribution < 1.29 is 4.79 Å². The Balaban J connectivity index is 1.72. The highest BCUT2D eigenvalue weighted by molar-refractivity contribution is 7.99. The van der Waals surface area contributed by atoms with Gasteiger partial charge < -0.3 is 10.2 Å². The van der Waals surface area contributed by atoms with E-state index in [1.165, 1.54) is 38.5 Å². The van der Waals surface area contributed by atoms with E-state index in [-0.39, 0.29) is 5.91 Å². The molecule has 1 aliphatic carbocycles. The molecule has 1 saturated carbocycles. The fourth-order valence-electron chi connectivity index (χ4n) is 3.46. The van der Waals surface area contributed by atoms with E-state index in [1.54, 1.807) is 4.90 Å². The molecule has 0 aromatic rings. The molecule has 122 valence electrons. The van der Waals surface area contributed by atoms with E-state index in [0.29, 0.717) is 18.6 Å². The van der Waals surface area contributed by atoms with Crippen LogP contribution in [0.2, 0.25) is 0 Å².